The smallest absolute Gasteiger partial charge is 0.165 e. The van der Waals surface area contributed by atoms with E-state index in [1.165, 1.54) is 13.2 Å². The molecular formula is C16H15Br2FO2. The summed E-state index contributed by atoms with van der Waals surface area (Å²) in [5.41, 5.74) is 1.74. The van der Waals surface area contributed by atoms with Gasteiger partial charge in [0, 0.05) is 10.0 Å². The van der Waals surface area contributed by atoms with E-state index in [0.29, 0.717) is 6.61 Å². The van der Waals surface area contributed by atoms with Crippen LogP contribution in [0, 0.1) is 5.82 Å². The lowest BCUT2D eigenvalue weighted by atomic mass is 10.0. The minimum atomic E-state index is -0.382. The Balaban J connectivity index is 2.41. The summed E-state index contributed by atoms with van der Waals surface area (Å²) in [5.74, 6) is 0.629. The second-order valence-electron chi connectivity index (χ2n) is 4.37. The summed E-state index contributed by atoms with van der Waals surface area (Å²) in [6.07, 6.45) is 0. The number of alkyl halides is 1. The van der Waals surface area contributed by atoms with Crippen LogP contribution in [0.15, 0.2) is 40.9 Å². The van der Waals surface area contributed by atoms with Crippen LogP contribution < -0.4 is 9.47 Å². The molecule has 0 aromatic heterocycles. The Kier molecular flexibility index (Phi) is 5.65. The van der Waals surface area contributed by atoms with E-state index in [-0.39, 0.29) is 16.4 Å². The summed E-state index contributed by atoms with van der Waals surface area (Å²) in [5, 5.41) is 0. The quantitative estimate of drug-likeness (QED) is 0.599. The lowest BCUT2D eigenvalue weighted by Crippen LogP contribution is -2.01. The van der Waals surface area contributed by atoms with Gasteiger partial charge in [-0.1, -0.05) is 37.9 Å². The van der Waals surface area contributed by atoms with Crippen LogP contribution in [0.5, 0.6) is 11.5 Å². The van der Waals surface area contributed by atoms with E-state index in [4.69, 9.17) is 9.47 Å². The van der Waals surface area contributed by atoms with Gasteiger partial charge in [0.1, 0.15) is 5.75 Å². The Labute approximate surface area is 140 Å². The average molecular weight is 418 g/mol. The Morgan fingerprint density at radius 2 is 1.86 bits per heavy atom. The highest BCUT2D eigenvalue weighted by Gasteiger charge is 2.17. The average Bonchev–Trinajstić information content (AvgIpc) is 2.48. The van der Waals surface area contributed by atoms with Crippen molar-refractivity contribution in [2.45, 2.75) is 11.8 Å². The minimum absolute atomic E-state index is 0.169. The van der Waals surface area contributed by atoms with Crippen LogP contribution in [0.2, 0.25) is 0 Å². The fourth-order valence-corrected chi connectivity index (χ4v) is 3.05. The molecule has 2 rings (SSSR count). The van der Waals surface area contributed by atoms with E-state index in [9.17, 15) is 4.39 Å². The Hall–Kier alpha value is -1.07. The molecule has 0 aliphatic heterocycles. The van der Waals surface area contributed by atoms with Crippen LogP contribution in [0.1, 0.15) is 22.9 Å². The molecule has 0 saturated heterocycles. The van der Waals surface area contributed by atoms with Gasteiger partial charge in [-0.15, -0.1) is 0 Å². The Morgan fingerprint density at radius 1 is 1.14 bits per heavy atom. The van der Waals surface area contributed by atoms with Crippen LogP contribution in [0.4, 0.5) is 4.39 Å². The third kappa shape index (κ3) is 3.77. The fourth-order valence-electron chi connectivity index (χ4n) is 2.02. The fraction of sp³-hybridized carbons (Fsp3) is 0.250. The zero-order chi connectivity index (χ0) is 15.4. The van der Waals surface area contributed by atoms with E-state index in [2.05, 4.69) is 31.9 Å². The van der Waals surface area contributed by atoms with Crippen LogP contribution in [-0.2, 0) is 0 Å². The van der Waals surface area contributed by atoms with Crippen molar-refractivity contribution < 1.29 is 13.9 Å². The van der Waals surface area contributed by atoms with E-state index in [1.807, 2.05) is 31.2 Å². The maximum Gasteiger partial charge on any atom is 0.165 e. The molecule has 0 aliphatic carbocycles. The van der Waals surface area contributed by atoms with E-state index >= 15 is 0 Å². The van der Waals surface area contributed by atoms with Crippen LogP contribution in [-0.4, -0.2) is 13.7 Å². The van der Waals surface area contributed by atoms with Crippen LogP contribution in [0.25, 0.3) is 0 Å². The molecule has 0 heterocycles. The zero-order valence-electron chi connectivity index (χ0n) is 11.7. The highest BCUT2D eigenvalue weighted by Crippen LogP contribution is 2.39. The number of hydrogen-bond donors (Lipinski definition) is 0. The van der Waals surface area contributed by atoms with Gasteiger partial charge in [-0.3, -0.25) is 0 Å². The molecule has 2 aromatic rings. The molecule has 0 bridgehead atoms. The first-order valence-corrected chi connectivity index (χ1v) is 8.17. The number of benzene rings is 2. The molecule has 0 spiro atoms. The zero-order valence-corrected chi connectivity index (χ0v) is 14.9. The maximum atomic E-state index is 13.9. The first-order valence-electron chi connectivity index (χ1n) is 6.46. The molecule has 2 nitrogen and oxygen atoms in total. The molecule has 0 radical (unpaired) electrons. The van der Waals surface area contributed by atoms with Crippen LogP contribution >= 0.6 is 31.9 Å². The number of hydrogen-bond acceptors (Lipinski definition) is 2. The van der Waals surface area contributed by atoms with Gasteiger partial charge in [0.25, 0.3) is 0 Å². The highest BCUT2D eigenvalue weighted by molar-refractivity contribution is 9.10. The lowest BCUT2D eigenvalue weighted by molar-refractivity contribution is 0.337. The molecule has 2 aromatic carbocycles. The van der Waals surface area contributed by atoms with E-state index in [0.717, 1.165) is 21.3 Å². The SMILES string of the molecule is CCOc1ccc(Br)cc1C(Br)c1ccc(OC)c(F)c1. The maximum absolute atomic E-state index is 13.9. The van der Waals surface area contributed by atoms with Crippen molar-refractivity contribution in [1.82, 2.24) is 0 Å². The monoisotopic (exact) mass is 416 g/mol. The number of halogens is 3. The Morgan fingerprint density at radius 3 is 2.48 bits per heavy atom. The second kappa shape index (κ2) is 7.27. The predicted octanol–water partition coefficient (Wildman–Crippen LogP) is 5.48. The lowest BCUT2D eigenvalue weighted by Gasteiger charge is -2.17. The van der Waals surface area contributed by atoms with Gasteiger partial charge in [0.05, 0.1) is 18.5 Å². The number of rotatable bonds is 5. The molecule has 0 amide bonds. The first kappa shape index (κ1) is 16.3. The first-order chi connectivity index (χ1) is 10.1. The molecular weight excluding hydrogens is 403 g/mol. The van der Waals surface area contributed by atoms with Crippen molar-refractivity contribution in [3.63, 3.8) is 0 Å². The molecule has 0 aliphatic rings. The summed E-state index contributed by atoms with van der Waals surface area (Å²) in [4.78, 5) is -0.169. The van der Waals surface area contributed by atoms with Crippen molar-refractivity contribution in [2.75, 3.05) is 13.7 Å². The summed E-state index contributed by atoms with van der Waals surface area (Å²) in [6, 6.07) is 10.7. The molecule has 21 heavy (non-hydrogen) atoms. The molecule has 0 N–H and O–H groups in total. The largest absolute Gasteiger partial charge is 0.494 e. The predicted molar refractivity (Wildman–Crippen MR) is 89.0 cm³/mol. The van der Waals surface area contributed by atoms with Gasteiger partial charge in [-0.2, -0.15) is 0 Å². The third-order valence-electron chi connectivity index (χ3n) is 3.01. The molecule has 0 saturated carbocycles. The summed E-state index contributed by atoms with van der Waals surface area (Å²) in [6.45, 7) is 2.51. The summed E-state index contributed by atoms with van der Waals surface area (Å²) >= 11 is 7.08. The van der Waals surface area contributed by atoms with Gasteiger partial charge in [0.2, 0.25) is 0 Å². The van der Waals surface area contributed by atoms with Gasteiger partial charge in [0.15, 0.2) is 11.6 Å². The van der Waals surface area contributed by atoms with Crippen molar-refractivity contribution in [1.29, 1.82) is 0 Å². The summed E-state index contributed by atoms with van der Waals surface area (Å²) in [7, 11) is 1.45. The van der Waals surface area contributed by atoms with Gasteiger partial charge >= 0.3 is 0 Å². The molecule has 112 valence electrons. The number of methoxy groups -OCH3 is 1. The van der Waals surface area contributed by atoms with Crippen LogP contribution in [0.3, 0.4) is 0 Å². The molecule has 0 fully saturated rings. The minimum Gasteiger partial charge on any atom is -0.494 e. The molecule has 5 heteroatoms. The van der Waals surface area contributed by atoms with Gasteiger partial charge in [-0.25, -0.2) is 4.39 Å². The van der Waals surface area contributed by atoms with Gasteiger partial charge in [-0.05, 0) is 42.8 Å². The van der Waals surface area contributed by atoms with E-state index < -0.39 is 0 Å². The van der Waals surface area contributed by atoms with Crippen molar-refractivity contribution in [3.8, 4) is 11.5 Å². The normalized spacial score (nSPS) is 12.0. The van der Waals surface area contributed by atoms with Crippen molar-refractivity contribution in [3.05, 3.63) is 57.8 Å². The van der Waals surface area contributed by atoms with Crippen molar-refractivity contribution in [2.24, 2.45) is 0 Å². The second-order valence-corrected chi connectivity index (χ2v) is 6.20. The van der Waals surface area contributed by atoms with Gasteiger partial charge < -0.3 is 9.47 Å². The highest BCUT2D eigenvalue weighted by atomic mass is 79.9. The molecule has 1 unspecified atom stereocenters. The summed E-state index contributed by atoms with van der Waals surface area (Å²) < 4.78 is 25.4. The standard InChI is InChI=1S/C16H15Br2FO2/c1-3-21-14-7-5-11(17)9-12(14)16(18)10-4-6-15(20-2)13(19)8-10/h4-9,16H,3H2,1-2H3. The topological polar surface area (TPSA) is 18.5 Å². The molecule has 1 atom stereocenters. The number of ether oxygens (including phenoxy) is 2. The Bertz CT molecular complexity index is 632. The third-order valence-corrected chi connectivity index (χ3v) is 4.53. The van der Waals surface area contributed by atoms with Crippen molar-refractivity contribution >= 4 is 31.9 Å². The van der Waals surface area contributed by atoms with E-state index in [1.54, 1.807) is 6.07 Å².